The molecule has 0 aromatic carbocycles. The fourth-order valence-corrected chi connectivity index (χ4v) is 0.981. The first-order valence-corrected chi connectivity index (χ1v) is 3.64. The minimum atomic E-state index is 0.873. The minimum Gasteiger partial charge on any atom is -0.379 e. The Morgan fingerprint density at radius 3 is 2.80 bits per heavy atom. The highest BCUT2D eigenvalue weighted by Gasteiger charge is 2.07. The maximum absolute atomic E-state index is 5.19. The molecule has 1 aliphatic rings. The lowest BCUT2D eigenvalue weighted by Gasteiger charge is -2.24. The first-order chi connectivity index (χ1) is 4.93. The van der Waals surface area contributed by atoms with Crippen LogP contribution in [0.15, 0.2) is 4.99 Å². The van der Waals surface area contributed by atoms with Gasteiger partial charge in [-0.05, 0) is 0 Å². The van der Waals surface area contributed by atoms with Gasteiger partial charge in [0.25, 0.3) is 0 Å². The molecule has 1 rings (SSSR count). The first kappa shape index (κ1) is 7.69. The SMILES string of the molecule is CN=CCN1CCOCC1. The van der Waals surface area contributed by atoms with E-state index in [9.17, 15) is 0 Å². The van der Waals surface area contributed by atoms with E-state index in [1.807, 2.05) is 6.21 Å². The summed E-state index contributed by atoms with van der Waals surface area (Å²) in [5.74, 6) is 0. The monoisotopic (exact) mass is 142 g/mol. The molecule has 1 fully saturated rings. The second kappa shape index (κ2) is 4.41. The summed E-state index contributed by atoms with van der Waals surface area (Å²) >= 11 is 0. The smallest absolute Gasteiger partial charge is 0.0594 e. The third kappa shape index (κ3) is 2.45. The van der Waals surface area contributed by atoms with E-state index in [4.69, 9.17) is 4.74 Å². The van der Waals surface area contributed by atoms with Crippen LogP contribution >= 0.6 is 0 Å². The van der Waals surface area contributed by atoms with Crippen molar-refractivity contribution in [1.82, 2.24) is 4.90 Å². The van der Waals surface area contributed by atoms with Gasteiger partial charge in [-0.1, -0.05) is 0 Å². The van der Waals surface area contributed by atoms with Gasteiger partial charge in [0.1, 0.15) is 0 Å². The van der Waals surface area contributed by atoms with E-state index >= 15 is 0 Å². The van der Waals surface area contributed by atoms with Crippen LogP contribution in [0, 0.1) is 0 Å². The Kier molecular flexibility index (Phi) is 3.40. The molecule has 3 nitrogen and oxygen atoms in total. The number of ether oxygens (including phenoxy) is 1. The average molecular weight is 142 g/mol. The van der Waals surface area contributed by atoms with Crippen LogP contribution < -0.4 is 0 Å². The molecule has 0 aliphatic carbocycles. The zero-order valence-corrected chi connectivity index (χ0v) is 6.42. The number of rotatable bonds is 2. The molecule has 1 heterocycles. The van der Waals surface area contributed by atoms with Gasteiger partial charge in [0.15, 0.2) is 0 Å². The Balaban J connectivity index is 2.13. The highest BCUT2D eigenvalue weighted by atomic mass is 16.5. The molecule has 3 heteroatoms. The second-order valence-electron chi connectivity index (χ2n) is 2.35. The highest BCUT2D eigenvalue weighted by Crippen LogP contribution is 1.93. The predicted molar refractivity (Wildman–Crippen MR) is 41.7 cm³/mol. The maximum Gasteiger partial charge on any atom is 0.0594 e. The first-order valence-electron chi connectivity index (χ1n) is 3.64. The van der Waals surface area contributed by atoms with Gasteiger partial charge < -0.3 is 4.74 Å². The van der Waals surface area contributed by atoms with E-state index in [0.29, 0.717) is 0 Å². The number of hydrogen-bond donors (Lipinski definition) is 0. The van der Waals surface area contributed by atoms with Gasteiger partial charge in [-0.25, -0.2) is 0 Å². The summed E-state index contributed by atoms with van der Waals surface area (Å²) in [6, 6.07) is 0. The molecule has 0 amide bonds. The van der Waals surface area contributed by atoms with E-state index in [1.165, 1.54) is 0 Å². The van der Waals surface area contributed by atoms with Gasteiger partial charge in [-0.2, -0.15) is 0 Å². The van der Waals surface area contributed by atoms with E-state index in [2.05, 4.69) is 9.89 Å². The quantitative estimate of drug-likeness (QED) is 0.508. The molecule has 0 N–H and O–H groups in total. The molecule has 58 valence electrons. The van der Waals surface area contributed by atoms with Crippen molar-refractivity contribution >= 4 is 6.21 Å². The van der Waals surface area contributed by atoms with Crippen molar-refractivity contribution in [2.45, 2.75) is 0 Å². The topological polar surface area (TPSA) is 24.8 Å². The molecule has 0 radical (unpaired) electrons. The molecule has 0 aromatic heterocycles. The van der Waals surface area contributed by atoms with E-state index in [-0.39, 0.29) is 0 Å². The second-order valence-corrected chi connectivity index (χ2v) is 2.35. The molecule has 1 aliphatic heterocycles. The molecule has 0 bridgehead atoms. The van der Waals surface area contributed by atoms with E-state index < -0.39 is 0 Å². The van der Waals surface area contributed by atoms with Crippen molar-refractivity contribution in [2.24, 2.45) is 4.99 Å². The molecular formula is C7H14N2O. The zero-order chi connectivity index (χ0) is 7.23. The van der Waals surface area contributed by atoms with Gasteiger partial charge in [0.2, 0.25) is 0 Å². The highest BCUT2D eigenvalue weighted by molar-refractivity contribution is 5.59. The third-order valence-corrected chi connectivity index (χ3v) is 1.63. The summed E-state index contributed by atoms with van der Waals surface area (Å²) in [7, 11) is 1.81. The summed E-state index contributed by atoms with van der Waals surface area (Å²) in [5.41, 5.74) is 0. The van der Waals surface area contributed by atoms with Gasteiger partial charge in [-0.15, -0.1) is 0 Å². The predicted octanol–water partition coefficient (Wildman–Crippen LogP) is 0.0192. The Morgan fingerprint density at radius 2 is 2.20 bits per heavy atom. The lowest BCUT2D eigenvalue weighted by molar-refractivity contribution is 0.0457. The van der Waals surface area contributed by atoms with Crippen molar-refractivity contribution in [3.8, 4) is 0 Å². The van der Waals surface area contributed by atoms with Crippen LogP contribution in [0.3, 0.4) is 0 Å². The Hall–Kier alpha value is -0.410. The van der Waals surface area contributed by atoms with Crippen molar-refractivity contribution < 1.29 is 4.74 Å². The normalized spacial score (nSPS) is 22.1. The fourth-order valence-electron chi connectivity index (χ4n) is 0.981. The number of aliphatic imine (C=N–C) groups is 1. The van der Waals surface area contributed by atoms with Gasteiger partial charge in [-0.3, -0.25) is 9.89 Å². The molecule has 0 aromatic rings. The number of nitrogens with zero attached hydrogens (tertiary/aromatic N) is 2. The van der Waals surface area contributed by atoms with Gasteiger partial charge >= 0.3 is 0 Å². The Bertz CT molecular complexity index is 108. The molecular weight excluding hydrogens is 128 g/mol. The van der Waals surface area contributed by atoms with Crippen LogP contribution in [0.2, 0.25) is 0 Å². The molecule has 1 saturated heterocycles. The van der Waals surface area contributed by atoms with Gasteiger partial charge in [0, 0.05) is 32.9 Å². The van der Waals surface area contributed by atoms with E-state index in [0.717, 1.165) is 32.8 Å². The summed E-state index contributed by atoms with van der Waals surface area (Å²) in [4.78, 5) is 6.25. The van der Waals surface area contributed by atoms with Crippen LogP contribution in [0.1, 0.15) is 0 Å². The van der Waals surface area contributed by atoms with E-state index in [1.54, 1.807) is 7.05 Å². The van der Waals surface area contributed by atoms with Crippen molar-refractivity contribution in [1.29, 1.82) is 0 Å². The Labute approximate surface area is 61.7 Å². The maximum atomic E-state index is 5.19. The summed E-state index contributed by atoms with van der Waals surface area (Å²) in [6.45, 7) is 4.81. The van der Waals surface area contributed by atoms with Crippen LogP contribution in [0.5, 0.6) is 0 Å². The summed E-state index contributed by atoms with van der Waals surface area (Å²) < 4.78 is 5.19. The fraction of sp³-hybridized carbons (Fsp3) is 0.857. The lowest BCUT2D eigenvalue weighted by Crippen LogP contribution is -2.37. The third-order valence-electron chi connectivity index (χ3n) is 1.63. The molecule has 0 unspecified atom stereocenters. The standard InChI is InChI=1S/C7H14N2O/c1-8-2-3-9-4-6-10-7-5-9/h2H,3-7H2,1H3. The van der Waals surface area contributed by atoms with Crippen LogP contribution in [0.4, 0.5) is 0 Å². The molecule has 10 heavy (non-hydrogen) atoms. The Morgan fingerprint density at radius 1 is 1.50 bits per heavy atom. The van der Waals surface area contributed by atoms with Crippen molar-refractivity contribution in [2.75, 3.05) is 39.9 Å². The van der Waals surface area contributed by atoms with Crippen LogP contribution in [0.25, 0.3) is 0 Å². The zero-order valence-electron chi connectivity index (χ0n) is 6.42. The van der Waals surface area contributed by atoms with Gasteiger partial charge in [0.05, 0.1) is 13.2 Å². The van der Waals surface area contributed by atoms with Crippen LogP contribution in [-0.2, 0) is 4.74 Å². The number of hydrogen-bond acceptors (Lipinski definition) is 3. The minimum absolute atomic E-state index is 0.873. The molecule has 0 spiro atoms. The number of morpholine rings is 1. The largest absolute Gasteiger partial charge is 0.379 e. The summed E-state index contributed by atoms with van der Waals surface area (Å²) in [5, 5.41) is 0. The average Bonchev–Trinajstić information content (AvgIpc) is 2.03. The van der Waals surface area contributed by atoms with Crippen LogP contribution in [-0.4, -0.2) is 51.0 Å². The van der Waals surface area contributed by atoms with Crippen molar-refractivity contribution in [3.05, 3.63) is 0 Å². The lowest BCUT2D eigenvalue weighted by atomic mass is 10.4. The van der Waals surface area contributed by atoms with Crippen molar-refractivity contribution in [3.63, 3.8) is 0 Å². The molecule has 0 saturated carbocycles. The summed E-state index contributed by atoms with van der Waals surface area (Å²) in [6.07, 6.45) is 1.94. The molecule has 0 atom stereocenters.